The van der Waals surface area contributed by atoms with Crippen LogP contribution in [0, 0.1) is 6.92 Å². The zero-order chi connectivity index (χ0) is 16.3. The lowest BCUT2D eigenvalue weighted by Gasteiger charge is -2.08. The highest BCUT2D eigenvalue weighted by Gasteiger charge is 2.14. The van der Waals surface area contributed by atoms with E-state index in [1.54, 1.807) is 31.2 Å². The van der Waals surface area contributed by atoms with E-state index in [2.05, 4.69) is 12.2 Å². The summed E-state index contributed by atoms with van der Waals surface area (Å²) in [5.41, 5.74) is 2.52. The van der Waals surface area contributed by atoms with Crippen LogP contribution in [0.5, 0.6) is 0 Å². The number of carboxylic acids is 1. The van der Waals surface area contributed by atoms with E-state index in [4.69, 9.17) is 5.11 Å². The monoisotopic (exact) mass is 317 g/mol. The third-order valence-corrected chi connectivity index (χ3v) is 4.98. The van der Waals surface area contributed by atoms with Gasteiger partial charge in [-0.3, -0.25) is 9.59 Å². The van der Waals surface area contributed by atoms with Gasteiger partial charge < -0.3 is 10.4 Å². The number of nitrogens with one attached hydrogen (secondary N) is 1. The number of rotatable bonds is 5. The van der Waals surface area contributed by atoms with E-state index in [1.807, 2.05) is 13.0 Å². The molecule has 2 rings (SSSR count). The van der Waals surface area contributed by atoms with Gasteiger partial charge in [-0.15, -0.1) is 11.3 Å². The van der Waals surface area contributed by atoms with Crippen molar-refractivity contribution in [1.29, 1.82) is 0 Å². The standard InChI is InChI=1S/C17H19NO3S/c1-4-14-10(2)9-15(22-14)16(19)18-13-7-5-12(6-8-13)11(3)17(20)21/h5-9,11H,4H2,1-3H3,(H,18,19)(H,20,21). The first-order chi connectivity index (χ1) is 10.4. The largest absolute Gasteiger partial charge is 0.481 e. The minimum absolute atomic E-state index is 0.133. The first-order valence-corrected chi connectivity index (χ1v) is 7.97. The van der Waals surface area contributed by atoms with Crippen molar-refractivity contribution in [2.24, 2.45) is 0 Å². The van der Waals surface area contributed by atoms with Crippen LogP contribution in [-0.4, -0.2) is 17.0 Å². The summed E-state index contributed by atoms with van der Waals surface area (Å²) in [7, 11) is 0. The Labute approximate surface area is 133 Å². The van der Waals surface area contributed by atoms with Crippen LogP contribution in [0.25, 0.3) is 0 Å². The number of carbonyl (C=O) groups is 2. The minimum atomic E-state index is -0.863. The molecule has 4 nitrogen and oxygen atoms in total. The van der Waals surface area contributed by atoms with E-state index < -0.39 is 11.9 Å². The third kappa shape index (κ3) is 3.54. The van der Waals surface area contributed by atoms with Gasteiger partial charge >= 0.3 is 5.97 Å². The predicted molar refractivity (Wildman–Crippen MR) is 88.9 cm³/mol. The van der Waals surface area contributed by atoms with Crippen molar-refractivity contribution in [1.82, 2.24) is 0 Å². The van der Waals surface area contributed by atoms with Gasteiger partial charge in [0.15, 0.2) is 0 Å². The summed E-state index contributed by atoms with van der Waals surface area (Å²) in [5.74, 6) is -1.55. The van der Waals surface area contributed by atoms with Crippen molar-refractivity contribution in [2.75, 3.05) is 5.32 Å². The van der Waals surface area contributed by atoms with Crippen molar-refractivity contribution in [3.05, 3.63) is 51.2 Å². The molecule has 1 aromatic heterocycles. The number of hydrogen-bond acceptors (Lipinski definition) is 3. The van der Waals surface area contributed by atoms with Crippen LogP contribution in [0.2, 0.25) is 0 Å². The highest BCUT2D eigenvalue weighted by atomic mass is 32.1. The molecule has 0 aliphatic carbocycles. The third-order valence-electron chi connectivity index (χ3n) is 3.60. The zero-order valence-electron chi connectivity index (χ0n) is 12.8. The Hall–Kier alpha value is -2.14. The molecule has 1 atom stereocenters. The molecular formula is C17H19NO3S. The van der Waals surface area contributed by atoms with Gasteiger partial charge in [-0.25, -0.2) is 0 Å². The molecule has 0 spiro atoms. The molecule has 0 fully saturated rings. The molecule has 1 unspecified atom stereocenters. The number of aryl methyl sites for hydroxylation is 2. The number of anilines is 1. The zero-order valence-corrected chi connectivity index (χ0v) is 13.7. The van der Waals surface area contributed by atoms with E-state index in [-0.39, 0.29) is 5.91 Å². The fraction of sp³-hybridized carbons (Fsp3) is 0.294. The van der Waals surface area contributed by atoms with Gasteiger partial charge in [-0.1, -0.05) is 19.1 Å². The Kier molecular flexibility index (Phi) is 4.98. The van der Waals surface area contributed by atoms with Crippen LogP contribution in [0.1, 0.15) is 45.4 Å². The van der Waals surface area contributed by atoms with E-state index in [9.17, 15) is 9.59 Å². The van der Waals surface area contributed by atoms with Crippen molar-refractivity contribution >= 4 is 28.9 Å². The second-order valence-electron chi connectivity index (χ2n) is 5.21. The summed E-state index contributed by atoms with van der Waals surface area (Å²) in [6.45, 7) is 5.72. The first kappa shape index (κ1) is 16.2. The number of amides is 1. The quantitative estimate of drug-likeness (QED) is 0.874. The van der Waals surface area contributed by atoms with Gasteiger partial charge in [-0.2, -0.15) is 0 Å². The van der Waals surface area contributed by atoms with Gasteiger partial charge in [0.2, 0.25) is 0 Å². The number of carboxylic acid groups (broad SMARTS) is 1. The summed E-state index contributed by atoms with van der Waals surface area (Å²) < 4.78 is 0. The molecule has 0 bridgehead atoms. The van der Waals surface area contributed by atoms with E-state index in [1.165, 1.54) is 16.2 Å². The lowest BCUT2D eigenvalue weighted by molar-refractivity contribution is -0.138. The van der Waals surface area contributed by atoms with Crippen LogP contribution in [0.3, 0.4) is 0 Å². The topological polar surface area (TPSA) is 66.4 Å². The van der Waals surface area contributed by atoms with Gasteiger partial charge in [0.1, 0.15) is 0 Å². The Morgan fingerprint density at radius 2 is 1.91 bits per heavy atom. The number of hydrogen-bond donors (Lipinski definition) is 2. The maximum atomic E-state index is 12.2. The van der Waals surface area contributed by atoms with Crippen LogP contribution in [0.4, 0.5) is 5.69 Å². The molecule has 116 valence electrons. The molecule has 22 heavy (non-hydrogen) atoms. The van der Waals surface area contributed by atoms with Crippen LogP contribution in [0.15, 0.2) is 30.3 Å². The molecule has 1 amide bonds. The summed E-state index contributed by atoms with van der Waals surface area (Å²) in [4.78, 5) is 25.1. The molecule has 2 aromatic rings. The van der Waals surface area contributed by atoms with Gasteiger partial charge in [0.25, 0.3) is 5.91 Å². The number of benzene rings is 1. The molecule has 1 heterocycles. The van der Waals surface area contributed by atoms with Crippen LogP contribution >= 0.6 is 11.3 Å². The Morgan fingerprint density at radius 3 is 2.41 bits per heavy atom. The van der Waals surface area contributed by atoms with Crippen LogP contribution < -0.4 is 5.32 Å². The smallest absolute Gasteiger partial charge is 0.310 e. The van der Waals surface area contributed by atoms with E-state index in [0.717, 1.165) is 12.0 Å². The summed E-state index contributed by atoms with van der Waals surface area (Å²) in [6.07, 6.45) is 0.922. The molecule has 0 saturated carbocycles. The fourth-order valence-electron chi connectivity index (χ4n) is 2.17. The van der Waals surface area contributed by atoms with Crippen molar-refractivity contribution < 1.29 is 14.7 Å². The fourth-order valence-corrected chi connectivity index (χ4v) is 3.18. The predicted octanol–water partition coefficient (Wildman–Crippen LogP) is 4.06. The maximum Gasteiger partial charge on any atom is 0.310 e. The average molecular weight is 317 g/mol. The Balaban J connectivity index is 2.10. The second kappa shape index (κ2) is 6.75. The lowest BCUT2D eigenvalue weighted by Crippen LogP contribution is -2.11. The molecule has 0 aliphatic heterocycles. The molecule has 1 aromatic carbocycles. The molecule has 5 heteroatoms. The van der Waals surface area contributed by atoms with Gasteiger partial charge in [0, 0.05) is 10.6 Å². The number of carbonyl (C=O) groups excluding carboxylic acids is 1. The lowest BCUT2D eigenvalue weighted by atomic mass is 10.0. The maximum absolute atomic E-state index is 12.2. The molecule has 0 saturated heterocycles. The highest BCUT2D eigenvalue weighted by Crippen LogP contribution is 2.24. The normalized spacial score (nSPS) is 12.0. The molecule has 2 N–H and O–H groups in total. The number of aliphatic carboxylic acids is 1. The SMILES string of the molecule is CCc1sc(C(=O)Nc2ccc(C(C)C(=O)O)cc2)cc1C. The van der Waals surface area contributed by atoms with Crippen molar-refractivity contribution in [3.63, 3.8) is 0 Å². The Bertz CT molecular complexity index is 688. The van der Waals surface area contributed by atoms with E-state index >= 15 is 0 Å². The number of thiophene rings is 1. The van der Waals surface area contributed by atoms with E-state index in [0.29, 0.717) is 16.1 Å². The second-order valence-corrected chi connectivity index (χ2v) is 6.34. The Morgan fingerprint density at radius 1 is 1.27 bits per heavy atom. The molecule has 0 radical (unpaired) electrons. The summed E-state index contributed by atoms with van der Waals surface area (Å²) in [5, 5.41) is 11.8. The first-order valence-electron chi connectivity index (χ1n) is 7.15. The summed E-state index contributed by atoms with van der Waals surface area (Å²) >= 11 is 1.51. The summed E-state index contributed by atoms with van der Waals surface area (Å²) in [6, 6.07) is 8.82. The average Bonchev–Trinajstić information content (AvgIpc) is 2.88. The molecule has 0 aliphatic rings. The highest BCUT2D eigenvalue weighted by molar-refractivity contribution is 7.14. The van der Waals surface area contributed by atoms with Crippen LogP contribution in [-0.2, 0) is 11.2 Å². The van der Waals surface area contributed by atoms with Crippen molar-refractivity contribution in [2.45, 2.75) is 33.1 Å². The molecular weight excluding hydrogens is 298 g/mol. The van der Waals surface area contributed by atoms with Gasteiger partial charge in [-0.05, 0) is 49.6 Å². The minimum Gasteiger partial charge on any atom is -0.481 e. The van der Waals surface area contributed by atoms with Crippen molar-refractivity contribution in [3.8, 4) is 0 Å². The van der Waals surface area contributed by atoms with Gasteiger partial charge in [0.05, 0.1) is 10.8 Å².